The first-order valence-electron chi connectivity index (χ1n) is 5.05. The minimum Gasteiger partial charge on any atom is -0.469 e. The molecule has 6 heteroatoms. The Balaban J connectivity index is 2.64. The molecule has 0 atom stereocenters. The highest BCUT2D eigenvalue weighted by Gasteiger charge is 2.13. The molecule has 1 heterocycles. The SMILES string of the molecule is COC(=O)CCN(C)C(=O)c1cc[nH]c(=O)c1. The third-order valence-electron chi connectivity index (χ3n) is 2.25. The Hall–Kier alpha value is -2.11. The van der Waals surface area contributed by atoms with Gasteiger partial charge in [0.15, 0.2) is 0 Å². The largest absolute Gasteiger partial charge is 0.469 e. The third kappa shape index (κ3) is 3.75. The van der Waals surface area contributed by atoms with Crippen LogP contribution in [0.4, 0.5) is 0 Å². The number of esters is 1. The second kappa shape index (κ2) is 5.83. The van der Waals surface area contributed by atoms with Gasteiger partial charge < -0.3 is 14.6 Å². The second-order valence-electron chi connectivity index (χ2n) is 3.49. The third-order valence-corrected chi connectivity index (χ3v) is 2.25. The van der Waals surface area contributed by atoms with Crippen LogP contribution in [-0.2, 0) is 9.53 Å². The van der Waals surface area contributed by atoms with Gasteiger partial charge >= 0.3 is 5.97 Å². The summed E-state index contributed by atoms with van der Waals surface area (Å²) >= 11 is 0. The van der Waals surface area contributed by atoms with Crippen molar-refractivity contribution in [3.8, 4) is 0 Å². The van der Waals surface area contributed by atoms with E-state index < -0.39 is 0 Å². The molecule has 1 aromatic rings. The predicted molar refractivity (Wildman–Crippen MR) is 60.7 cm³/mol. The lowest BCUT2D eigenvalue weighted by Gasteiger charge is -2.16. The molecule has 1 amide bonds. The van der Waals surface area contributed by atoms with Crippen LogP contribution in [0.15, 0.2) is 23.1 Å². The summed E-state index contributed by atoms with van der Waals surface area (Å²) in [4.78, 5) is 37.6. The average Bonchev–Trinajstić information content (AvgIpc) is 2.34. The van der Waals surface area contributed by atoms with Gasteiger partial charge in [-0.25, -0.2) is 0 Å². The number of H-pyrrole nitrogens is 1. The predicted octanol–water partition coefficient (Wildman–Crippen LogP) is 0.01000. The summed E-state index contributed by atoms with van der Waals surface area (Å²) in [5.41, 5.74) is -0.0432. The summed E-state index contributed by atoms with van der Waals surface area (Å²) in [5, 5.41) is 0. The fraction of sp³-hybridized carbons (Fsp3) is 0.364. The number of aromatic nitrogens is 1. The number of rotatable bonds is 4. The van der Waals surface area contributed by atoms with Crippen molar-refractivity contribution in [1.82, 2.24) is 9.88 Å². The maximum Gasteiger partial charge on any atom is 0.307 e. The van der Waals surface area contributed by atoms with E-state index in [4.69, 9.17) is 0 Å². The van der Waals surface area contributed by atoms with Gasteiger partial charge in [0.1, 0.15) is 0 Å². The maximum absolute atomic E-state index is 11.8. The molecule has 0 fully saturated rings. The number of carbonyl (C=O) groups excluding carboxylic acids is 2. The van der Waals surface area contributed by atoms with Crippen LogP contribution in [0.5, 0.6) is 0 Å². The van der Waals surface area contributed by atoms with Crippen LogP contribution >= 0.6 is 0 Å². The van der Waals surface area contributed by atoms with Crippen molar-refractivity contribution in [1.29, 1.82) is 0 Å². The van der Waals surface area contributed by atoms with Crippen LogP contribution in [-0.4, -0.2) is 42.5 Å². The summed E-state index contributed by atoms with van der Waals surface area (Å²) in [6, 6.07) is 2.73. The quantitative estimate of drug-likeness (QED) is 0.749. The van der Waals surface area contributed by atoms with Gasteiger partial charge in [0.2, 0.25) is 5.56 Å². The van der Waals surface area contributed by atoms with E-state index in [-0.39, 0.29) is 30.4 Å². The molecule has 1 aromatic heterocycles. The molecule has 0 aromatic carbocycles. The second-order valence-corrected chi connectivity index (χ2v) is 3.49. The minimum atomic E-state index is -0.379. The number of nitrogens with zero attached hydrogens (tertiary/aromatic N) is 1. The molecule has 0 aliphatic heterocycles. The highest BCUT2D eigenvalue weighted by molar-refractivity contribution is 5.94. The first-order chi connectivity index (χ1) is 8.04. The molecule has 0 aliphatic rings. The lowest BCUT2D eigenvalue weighted by molar-refractivity contribution is -0.140. The van der Waals surface area contributed by atoms with Crippen molar-refractivity contribution in [2.75, 3.05) is 20.7 Å². The minimum absolute atomic E-state index is 0.127. The molecule has 0 saturated heterocycles. The highest BCUT2D eigenvalue weighted by atomic mass is 16.5. The van der Waals surface area contributed by atoms with Crippen molar-refractivity contribution in [3.05, 3.63) is 34.2 Å². The average molecular weight is 238 g/mol. The van der Waals surface area contributed by atoms with E-state index in [1.807, 2.05) is 0 Å². The van der Waals surface area contributed by atoms with Crippen LogP contribution in [0.1, 0.15) is 16.8 Å². The number of aromatic amines is 1. The first kappa shape index (κ1) is 13.0. The zero-order valence-corrected chi connectivity index (χ0v) is 9.73. The molecule has 17 heavy (non-hydrogen) atoms. The molecule has 0 unspecified atom stereocenters. The number of nitrogens with one attached hydrogen (secondary N) is 1. The van der Waals surface area contributed by atoms with Gasteiger partial charge in [-0.15, -0.1) is 0 Å². The van der Waals surface area contributed by atoms with Crippen LogP contribution < -0.4 is 5.56 Å². The van der Waals surface area contributed by atoms with Crippen molar-refractivity contribution in [3.63, 3.8) is 0 Å². The molecule has 0 spiro atoms. The van der Waals surface area contributed by atoms with Gasteiger partial charge in [-0.2, -0.15) is 0 Å². The van der Waals surface area contributed by atoms with Crippen LogP contribution in [0.3, 0.4) is 0 Å². The molecule has 6 nitrogen and oxygen atoms in total. The fourth-order valence-corrected chi connectivity index (χ4v) is 1.26. The zero-order chi connectivity index (χ0) is 12.8. The van der Waals surface area contributed by atoms with E-state index in [1.165, 1.54) is 30.3 Å². The number of amides is 1. The summed E-state index contributed by atoms with van der Waals surface area (Å²) < 4.78 is 4.47. The van der Waals surface area contributed by atoms with E-state index in [9.17, 15) is 14.4 Å². The molecular formula is C11H14N2O4. The molecule has 0 saturated carbocycles. The lowest BCUT2D eigenvalue weighted by atomic mass is 10.2. The van der Waals surface area contributed by atoms with Gasteiger partial charge in [-0.1, -0.05) is 0 Å². The number of carbonyl (C=O) groups is 2. The smallest absolute Gasteiger partial charge is 0.307 e. The number of ether oxygens (including phenoxy) is 1. The Morgan fingerprint density at radius 2 is 2.18 bits per heavy atom. The van der Waals surface area contributed by atoms with Gasteiger partial charge in [0.25, 0.3) is 5.91 Å². The Labute approximate surface area is 98.2 Å². The van der Waals surface area contributed by atoms with Gasteiger partial charge in [-0.05, 0) is 6.07 Å². The van der Waals surface area contributed by atoms with Crippen molar-refractivity contribution in [2.24, 2.45) is 0 Å². The van der Waals surface area contributed by atoms with Crippen LogP contribution in [0.2, 0.25) is 0 Å². The van der Waals surface area contributed by atoms with E-state index in [1.54, 1.807) is 7.05 Å². The number of pyridine rings is 1. The van der Waals surface area contributed by atoms with Crippen LogP contribution in [0, 0.1) is 0 Å². The topological polar surface area (TPSA) is 79.5 Å². The number of hydrogen-bond acceptors (Lipinski definition) is 4. The van der Waals surface area contributed by atoms with E-state index >= 15 is 0 Å². The van der Waals surface area contributed by atoms with E-state index in [2.05, 4.69) is 9.72 Å². The summed E-state index contributed by atoms with van der Waals surface area (Å²) in [6.45, 7) is 0.248. The highest BCUT2D eigenvalue weighted by Crippen LogP contribution is 2.00. The molecular weight excluding hydrogens is 224 g/mol. The molecule has 0 aliphatic carbocycles. The Bertz CT molecular complexity index is 467. The normalized spacial score (nSPS) is 9.76. The van der Waals surface area contributed by atoms with Gasteiger partial charge in [0, 0.05) is 31.4 Å². The standard InChI is InChI=1S/C11H14N2O4/c1-13(6-4-10(15)17-2)11(16)8-3-5-12-9(14)7-8/h3,5,7H,4,6H2,1-2H3,(H,12,14). The summed E-state index contributed by atoms with van der Waals surface area (Å²) in [6.07, 6.45) is 1.53. The summed E-state index contributed by atoms with van der Waals surface area (Å²) in [7, 11) is 2.85. The molecule has 1 N–H and O–H groups in total. The Morgan fingerprint density at radius 3 is 2.76 bits per heavy atom. The molecule has 1 rings (SSSR count). The number of hydrogen-bond donors (Lipinski definition) is 1. The number of methoxy groups -OCH3 is 1. The van der Waals surface area contributed by atoms with Crippen molar-refractivity contribution < 1.29 is 14.3 Å². The fourth-order valence-electron chi connectivity index (χ4n) is 1.26. The van der Waals surface area contributed by atoms with Gasteiger partial charge in [0.05, 0.1) is 13.5 Å². The molecule has 0 bridgehead atoms. The Morgan fingerprint density at radius 1 is 1.47 bits per heavy atom. The lowest BCUT2D eigenvalue weighted by Crippen LogP contribution is -2.30. The summed E-state index contributed by atoms with van der Waals surface area (Å²) in [5.74, 6) is -0.685. The van der Waals surface area contributed by atoms with Crippen molar-refractivity contribution in [2.45, 2.75) is 6.42 Å². The Kier molecular flexibility index (Phi) is 4.45. The maximum atomic E-state index is 11.8. The van der Waals surface area contributed by atoms with Crippen LogP contribution in [0.25, 0.3) is 0 Å². The monoisotopic (exact) mass is 238 g/mol. The van der Waals surface area contributed by atoms with E-state index in [0.29, 0.717) is 5.56 Å². The zero-order valence-electron chi connectivity index (χ0n) is 9.73. The molecule has 0 radical (unpaired) electrons. The van der Waals surface area contributed by atoms with Gasteiger partial charge in [-0.3, -0.25) is 14.4 Å². The van der Waals surface area contributed by atoms with E-state index in [0.717, 1.165) is 0 Å². The van der Waals surface area contributed by atoms with Crippen molar-refractivity contribution >= 4 is 11.9 Å². The molecule has 92 valence electrons. The first-order valence-corrected chi connectivity index (χ1v) is 5.05.